The molecule has 0 aliphatic rings. The van der Waals surface area contributed by atoms with E-state index in [1.165, 1.54) is 0 Å². The molecule has 2 unspecified atom stereocenters. The van der Waals surface area contributed by atoms with E-state index < -0.39 is 0 Å². The van der Waals surface area contributed by atoms with Crippen molar-refractivity contribution in [3.8, 4) is 0 Å². The van der Waals surface area contributed by atoms with Crippen molar-refractivity contribution >= 4 is 0 Å². The van der Waals surface area contributed by atoms with Crippen molar-refractivity contribution in [2.24, 2.45) is 0 Å². The number of ether oxygens (including phenoxy) is 1. The molecule has 0 saturated carbocycles. The normalized spacial score (nSPS) is 15.1. The van der Waals surface area contributed by atoms with E-state index in [1.54, 1.807) is 13.4 Å². The van der Waals surface area contributed by atoms with E-state index in [0.29, 0.717) is 6.61 Å². The predicted molar refractivity (Wildman–Crippen MR) is 57.6 cm³/mol. The van der Waals surface area contributed by atoms with Crippen LogP contribution in [0.25, 0.3) is 0 Å². The molecule has 0 spiro atoms. The van der Waals surface area contributed by atoms with Gasteiger partial charge in [0.1, 0.15) is 5.76 Å². The van der Waals surface area contributed by atoms with Crippen LogP contribution >= 0.6 is 0 Å². The van der Waals surface area contributed by atoms with Crippen LogP contribution in [0.2, 0.25) is 0 Å². The third-order valence-corrected chi connectivity index (χ3v) is 2.32. The Labute approximate surface area is 90.2 Å². The summed E-state index contributed by atoms with van der Waals surface area (Å²) in [6.45, 7) is 2.63. The van der Waals surface area contributed by atoms with Gasteiger partial charge in [-0.3, -0.25) is 0 Å². The molecule has 0 aliphatic carbocycles. The van der Waals surface area contributed by atoms with Crippen LogP contribution < -0.4 is 5.32 Å². The molecular weight excluding hydrogens is 194 g/mol. The van der Waals surface area contributed by atoms with Crippen molar-refractivity contribution in [3.05, 3.63) is 24.2 Å². The summed E-state index contributed by atoms with van der Waals surface area (Å²) in [5.41, 5.74) is 0. The van der Waals surface area contributed by atoms with Crippen LogP contribution in [0, 0.1) is 0 Å². The zero-order chi connectivity index (χ0) is 11.1. The fourth-order valence-electron chi connectivity index (χ4n) is 1.53. The van der Waals surface area contributed by atoms with Crippen molar-refractivity contribution < 1.29 is 14.3 Å². The molecule has 1 aromatic rings. The first-order valence-corrected chi connectivity index (χ1v) is 5.21. The third kappa shape index (κ3) is 3.66. The zero-order valence-corrected chi connectivity index (χ0v) is 9.27. The van der Waals surface area contributed by atoms with E-state index in [1.807, 2.05) is 12.1 Å². The maximum Gasteiger partial charge on any atom is 0.120 e. The first-order valence-electron chi connectivity index (χ1n) is 5.21. The number of nitrogens with one attached hydrogen (secondary N) is 1. The number of furan rings is 1. The number of rotatable bonds is 7. The molecule has 1 rings (SSSR count). The van der Waals surface area contributed by atoms with Gasteiger partial charge in [-0.1, -0.05) is 6.92 Å². The molecule has 0 aliphatic heterocycles. The van der Waals surface area contributed by atoms with Gasteiger partial charge in [0, 0.05) is 7.11 Å². The second kappa shape index (κ2) is 6.61. The summed E-state index contributed by atoms with van der Waals surface area (Å²) in [7, 11) is 1.62. The second-order valence-electron chi connectivity index (χ2n) is 3.48. The maximum absolute atomic E-state index is 9.13. The summed E-state index contributed by atoms with van der Waals surface area (Å²) in [5.74, 6) is 0.895. The first-order chi connectivity index (χ1) is 7.31. The van der Waals surface area contributed by atoms with E-state index in [2.05, 4.69) is 12.2 Å². The molecular formula is C11H19NO3. The van der Waals surface area contributed by atoms with Gasteiger partial charge < -0.3 is 19.6 Å². The van der Waals surface area contributed by atoms with Gasteiger partial charge in [0.2, 0.25) is 0 Å². The average molecular weight is 213 g/mol. The zero-order valence-electron chi connectivity index (χ0n) is 9.27. The fraction of sp³-hybridized carbons (Fsp3) is 0.636. The molecule has 0 fully saturated rings. The van der Waals surface area contributed by atoms with Gasteiger partial charge in [-0.2, -0.15) is 0 Å². The van der Waals surface area contributed by atoms with Crippen molar-refractivity contribution in [1.29, 1.82) is 0 Å². The van der Waals surface area contributed by atoms with E-state index in [0.717, 1.165) is 12.2 Å². The lowest BCUT2D eigenvalue weighted by Gasteiger charge is -2.21. The lowest BCUT2D eigenvalue weighted by Crippen LogP contribution is -2.38. The Morgan fingerprint density at radius 2 is 2.40 bits per heavy atom. The van der Waals surface area contributed by atoms with Crippen molar-refractivity contribution in [2.75, 3.05) is 20.3 Å². The highest BCUT2D eigenvalue weighted by Crippen LogP contribution is 2.17. The van der Waals surface area contributed by atoms with Crippen LogP contribution in [-0.2, 0) is 4.74 Å². The molecule has 0 saturated heterocycles. The molecule has 86 valence electrons. The minimum Gasteiger partial charge on any atom is -0.468 e. The van der Waals surface area contributed by atoms with Crippen molar-refractivity contribution in [2.45, 2.75) is 25.4 Å². The minimum absolute atomic E-state index is 0.0509. The van der Waals surface area contributed by atoms with Gasteiger partial charge in [-0.05, 0) is 18.6 Å². The Hall–Kier alpha value is -0.840. The Balaban J connectivity index is 2.52. The second-order valence-corrected chi connectivity index (χ2v) is 3.48. The summed E-state index contributed by atoms with van der Waals surface area (Å²) >= 11 is 0. The van der Waals surface area contributed by atoms with Gasteiger partial charge in [0.15, 0.2) is 0 Å². The highest BCUT2D eigenvalue weighted by molar-refractivity contribution is 5.04. The molecule has 0 amide bonds. The number of methoxy groups -OCH3 is 1. The Bertz CT molecular complexity index is 248. The lowest BCUT2D eigenvalue weighted by molar-refractivity contribution is 0.119. The van der Waals surface area contributed by atoms with Crippen molar-refractivity contribution in [1.82, 2.24) is 5.32 Å². The minimum atomic E-state index is -0.0509. The van der Waals surface area contributed by atoms with Crippen LogP contribution in [0.3, 0.4) is 0 Å². The molecule has 4 heteroatoms. The van der Waals surface area contributed by atoms with Gasteiger partial charge in [-0.15, -0.1) is 0 Å². The molecule has 15 heavy (non-hydrogen) atoms. The predicted octanol–water partition coefficient (Wildman–Crippen LogP) is 1.33. The number of aliphatic hydroxyl groups is 1. The highest BCUT2D eigenvalue weighted by atomic mass is 16.5. The molecule has 0 bridgehead atoms. The van der Waals surface area contributed by atoms with E-state index in [-0.39, 0.29) is 18.7 Å². The van der Waals surface area contributed by atoms with Gasteiger partial charge >= 0.3 is 0 Å². The Kier molecular flexibility index (Phi) is 5.39. The van der Waals surface area contributed by atoms with Crippen LogP contribution in [-0.4, -0.2) is 31.5 Å². The van der Waals surface area contributed by atoms with Crippen LogP contribution in [0.4, 0.5) is 0 Å². The van der Waals surface area contributed by atoms with E-state index in [9.17, 15) is 0 Å². The topological polar surface area (TPSA) is 54.6 Å². The molecule has 1 heterocycles. The van der Waals surface area contributed by atoms with E-state index in [4.69, 9.17) is 14.3 Å². The smallest absolute Gasteiger partial charge is 0.120 e. The molecule has 1 aromatic heterocycles. The number of hydrogen-bond donors (Lipinski definition) is 2. The SMILES string of the molecule is CCC(NC(CO)COC)c1ccco1. The first kappa shape index (κ1) is 12.2. The highest BCUT2D eigenvalue weighted by Gasteiger charge is 2.16. The largest absolute Gasteiger partial charge is 0.468 e. The van der Waals surface area contributed by atoms with Gasteiger partial charge in [0.05, 0.1) is 31.6 Å². The molecule has 2 atom stereocenters. The van der Waals surface area contributed by atoms with E-state index >= 15 is 0 Å². The standard InChI is InChI=1S/C11H19NO3/c1-3-10(11-5-4-6-15-11)12-9(7-13)8-14-2/h4-6,9-10,12-13H,3,7-8H2,1-2H3. The van der Waals surface area contributed by atoms with Crippen LogP contribution in [0.15, 0.2) is 22.8 Å². The monoisotopic (exact) mass is 213 g/mol. The number of hydrogen-bond acceptors (Lipinski definition) is 4. The van der Waals surface area contributed by atoms with Crippen molar-refractivity contribution in [3.63, 3.8) is 0 Å². The fourth-order valence-corrected chi connectivity index (χ4v) is 1.53. The maximum atomic E-state index is 9.13. The molecule has 2 N–H and O–H groups in total. The quantitative estimate of drug-likeness (QED) is 0.717. The Morgan fingerprint density at radius 3 is 2.87 bits per heavy atom. The summed E-state index contributed by atoms with van der Waals surface area (Å²) < 4.78 is 10.3. The van der Waals surface area contributed by atoms with Gasteiger partial charge in [0.25, 0.3) is 0 Å². The molecule has 0 aromatic carbocycles. The summed E-state index contributed by atoms with van der Waals surface area (Å²) in [4.78, 5) is 0. The molecule has 0 radical (unpaired) electrons. The summed E-state index contributed by atoms with van der Waals surface area (Å²) in [6.07, 6.45) is 2.57. The van der Waals surface area contributed by atoms with Crippen LogP contribution in [0.5, 0.6) is 0 Å². The summed E-state index contributed by atoms with van der Waals surface area (Å²) in [5, 5.41) is 12.4. The average Bonchev–Trinajstić information content (AvgIpc) is 2.77. The molecule has 4 nitrogen and oxygen atoms in total. The lowest BCUT2D eigenvalue weighted by atomic mass is 10.1. The Morgan fingerprint density at radius 1 is 1.60 bits per heavy atom. The third-order valence-electron chi connectivity index (χ3n) is 2.32. The number of aliphatic hydroxyl groups excluding tert-OH is 1. The van der Waals surface area contributed by atoms with Crippen LogP contribution in [0.1, 0.15) is 25.1 Å². The summed E-state index contributed by atoms with van der Waals surface area (Å²) in [6, 6.07) is 3.88. The van der Waals surface area contributed by atoms with Gasteiger partial charge in [-0.25, -0.2) is 0 Å².